The number of fused-ring (bicyclic) bond motifs is 1. The van der Waals surface area contributed by atoms with Crippen LogP contribution in [0.3, 0.4) is 0 Å². The predicted octanol–water partition coefficient (Wildman–Crippen LogP) is 2.06. The van der Waals surface area contributed by atoms with Crippen LogP contribution in [-0.2, 0) is 20.2 Å². The van der Waals surface area contributed by atoms with Gasteiger partial charge in [0.1, 0.15) is 12.4 Å². The molecule has 1 atom stereocenters. The fraction of sp³-hybridized carbons (Fsp3) is 0.261. The Balaban J connectivity index is 1.75. The lowest BCUT2D eigenvalue weighted by Crippen LogP contribution is -2.33. The molecule has 0 aliphatic rings. The molecule has 9 heteroatoms. The molecule has 0 amide bonds. The largest absolute Gasteiger partial charge is 0.493 e. The number of hydrogen-bond donors (Lipinski definition) is 2. The number of aryl methyl sites for hydroxylation is 1. The smallest absolute Gasteiger partial charge is 0.330 e. The van der Waals surface area contributed by atoms with Crippen LogP contribution in [0, 0.1) is 0 Å². The average molecular weight is 436 g/mol. The van der Waals surface area contributed by atoms with Crippen molar-refractivity contribution in [1.82, 2.24) is 19.1 Å². The van der Waals surface area contributed by atoms with Crippen LogP contribution < -0.4 is 20.7 Å². The Kier molecular flexibility index (Phi) is 5.83. The number of aromatic nitrogens is 4. The highest BCUT2D eigenvalue weighted by atomic mass is 16.5. The van der Waals surface area contributed by atoms with E-state index in [1.807, 2.05) is 36.4 Å². The number of nitrogens with zero attached hydrogens (tertiary/aromatic N) is 3. The van der Waals surface area contributed by atoms with Crippen LogP contribution in [0.5, 0.6) is 11.5 Å². The molecule has 0 fully saturated rings. The lowest BCUT2D eigenvalue weighted by atomic mass is 10.2. The van der Waals surface area contributed by atoms with Gasteiger partial charge in [-0.25, -0.2) is 9.78 Å². The highest BCUT2D eigenvalue weighted by Gasteiger charge is 2.19. The summed E-state index contributed by atoms with van der Waals surface area (Å²) >= 11 is 0. The quantitative estimate of drug-likeness (QED) is 0.459. The van der Waals surface area contributed by atoms with Gasteiger partial charge >= 0.3 is 5.69 Å². The van der Waals surface area contributed by atoms with Crippen molar-refractivity contribution in [2.24, 2.45) is 7.05 Å². The van der Waals surface area contributed by atoms with Crippen LogP contribution in [0.2, 0.25) is 0 Å². The van der Waals surface area contributed by atoms with Crippen molar-refractivity contribution < 1.29 is 14.6 Å². The van der Waals surface area contributed by atoms with Gasteiger partial charge < -0.3 is 19.1 Å². The van der Waals surface area contributed by atoms with Crippen molar-refractivity contribution >= 4 is 11.2 Å². The van der Waals surface area contributed by atoms with Gasteiger partial charge in [-0.2, -0.15) is 0 Å². The van der Waals surface area contributed by atoms with Gasteiger partial charge in [0.15, 0.2) is 22.7 Å². The van der Waals surface area contributed by atoms with E-state index in [0.29, 0.717) is 29.5 Å². The van der Waals surface area contributed by atoms with Crippen LogP contribution in [-0.4, -0.2) is 37.4 Å². The van der Waals surface area contributed by atoms with E-state index in [-0.39, 0.29) is 17.7 Å². The number of aromatic amines is 1. The summed E-state index contributed by atoms with van der Waals surface area (Å²) in [4.78, 5) is 31.6. The van der Waals surface area contributed by atoms with Gasteiger partial charge in [0.05, 0.1) is 19.8 Å². The van der Waals surface area contributed by atoms with E-state index in [2.05, 4.69) is 9.97 Å². The summed E-state index contributed by atoms with van der Waals surface area (Å²) in [6.07, 6.45) is -0.784. The number of rotatable bonds is 7. The zero-order chi connectivity index (χ0) is 22.8. The molecule has 166 valence electrons. The van der Waals surface area contributed by atoms with E-state index in [4.69, 9.17) is 9.47 Å². The second kappa shape index (κ2) is 8.72. The summed E-state index contributed by atoms with van der Waals surface area (Å²) in [6, 6.07) is 15.2. The monoisotopic (exact) mass is 436 g/mol. The molecule has 9 nitrogen and oxygen atoms in total. The van der Waals surface area contributed by atoms with Gasteiger partial charge in [0.25, 0.3) is 5.56 Å². The molecule has 0 aliphatic heterocycles. The van der Waals surface area contributed by atoms with E-state index in [0.717, 1.165) is 5.56 Å². The Morgan fingerprint density at radius 1 is 1.12 bits per heavy atom. The normalized spacial score (nSPS) is 12.1. The second-order valence-electron chi connectivity index (χ2n) is 7.53. The third-order valence-electron chi connectivity index (χ3n) is 5.12. The van der Waals surface area contributed by atoms with Gasteiger partial charge in [-0.1, -0.05) is 30.3 Å². The van der Waals surface area contributed by atoms with E-state index in [1.165, 1.54) is 4.57 Å². The first-order valence-electron chi connectivity index (χ1n) is 10.1. The van der Waals surface area contributed by atoms with Crippen molar-refractivity contribution in [3.63, 3.8) is 0 Å². The zero-order valence-corrected chi connectivity index (χ0v) is 18.0. The zero-order valence-electron chi connectivity index (χ0n) is 18.0. The molecule has 2 aromatic heterocycles. The number of nitrogens with one attached hydrogen (secondary N) is 1. The fourth-order valence-electron chi connectivity index (χ4n) is 3.60. The van der Waals surface area contributed by atoms with Crippen molar-refractivity contribution in [1.29, 1.82) is 0 Å². The van der Waals surface area contributed by atoms with Crippen LogP contribution in [0.15, 0.2) is 58.1 Å². The standard InChI is InChI=1S/C23H24N4O5/c1-14(28)12-27-21-19(22(29)25-23(27)30)26(2)20(24-21)16-9-10-17(18(11-16)31-3)32-13-15-7-5-4-6-8-15/h4-11,14,28H,12-13H2,1-3H3,(H,25,29,30)/t14-/m1/s1. The highest BCUT2D eigenvalue weighted by Crippen LogP contribution is 2.33. The van der Waals surface area contributed by atoms with E-state index < -0.39 is 17.4 Å². The molecule has 2 N–H and O–H groups in total. The Morgan fingerprint density at radius 3 is 2.56 bits per heavy atom. The first kappa shape index (κ1) is 21.4. The van der Waals surface area contributed by atoms with Crippen molar-refractivity contribution in [2.75, 3.05) is 7.11 Å². The minimum Gasteiger partial charge on any atom is -0.493 e. The van der Waals surface area contributed by atoms with Gasteiger partial charge in [0.2, 0.25) is 0 Å². The third kappa shape index (κ3) is 4.02. The molecule has 0 bridgehead atoms. The molecular formula is C23H24N4O5. The summed E-state index contributed by atoms with van der Waals surface area (Å²) < 4.78 is 14.3. The molecule has 2 heterocycles. The van der Waals surface area contributed by atoms with Crippen LogP contribution in [0.4, 0.5) is 0 Å². The second-order valence-corrected chi connectivity index (χ2v) is 7.53. The van der Waals surface area contributed by atoms with Crippen LogP contribution in [0.25, 0.3) is 22.6 Å². The SMILES string of the molecule is COc1cc(-c2nc3c(c(=O)[nH]c(=O)n3C[C@@H](C)O)n2C)ccc1OCc1ccccc1. The lowest BCUT2D eigenvalue weighted by Gasteiger charge is -2.12. The van der Waals surface area contributed by atoms with Crippen LogP contribution in [0.1, 0.15) is 12.5 Å². The molecule has 0 aliphatic carbocycles. The van der Waals surface area contributed by atoms with Crippen molar-refractivity contribution in [2.45, 2.75) is 26.2 Å². The molecule has 32 heavy (non-hydrogen) atoms. The minimum absolute atomic E-state index is 0.0121. The average Bonchev–Trinajstić information content (AvgIpc) is 3.13. The molecule has 0 unspecified atom stereocenters. The first-order valence-corrected chi connectivity index (χ1v) is 10.1. The topological polar surface area (TPSA) is 111 Å². The van der Waals surface area contributed by atoms with Gasteiger partial charge in [-0.15, -0.1) is 0 Å². The molecule has 0 radical (unpaired) electrons. The number of ether oxygens (including phenoxy) is 2. The van der Waals surface area contributed by atoms with E-state index >= 15 is 0 Å². The number of H-pyrrole nitrogens is 1. The molecule has 4 rings (SSSR count). The summed E-state index contributed by atoms with van der Waals surface area (Å²) in [6.45, 7) is 1.97. The summed E-state index contributed by atoms with van der Waals surface area (Å²) in [5, 5.41) is 9.77. The van der Waals surface area contributed by atoms with Gasteiger partial charge in [-0.3, -0.25) is 14.3 Å². The number of imidazole rings is 1. The molecule has 4 aromatic rings. The maximum atomic E-state index is 12.5. The Labute approximate surface area is 183 Å². The number of aliphatic hydroxyl groups excluding tert-OH is 1. The van der Waals surface area contributed by atoms with Crippen molar-refractivity contribution in [3.05, 3.63) is 74.9 Å². The molecule has 0 spiro atoms. The highest BCUT2D eigenvalue weighted by molar-refractivity contribution is 5.77. The minimum atomic E-state index is -0.784. The van der Waals surface area contributed by atoms with E-state index in [9.17, 15) is 14.7 Å². The maximum absolute atomic E-state index is 12.5. The Hall–Kier alpha value is -3.85. The maximum Gasteiger partial charge on any atom is 0.330 e. The lowest BCUT2D eigenvalue weighted by molar-refractivity contribution is 0.173. The molecule has 0 saturated carbocycles. The number of benzene rings is 2. The number of hydrogen-bond acceptors (Lipinski definition) is 6. The summed E-state index contributed by atoms with van der Waals surface area (Å²) in [7, 11) is 3.25. The summed E-state index contributed by atoms with van der Waals surface area (Å²) in [5.41, 5.74) is 1.01. The van der Waals surface area contributed by atoms with E-state index in [1.54, 1.807) is 37.8 Å². The number of methoxy groups -OCH3 is 1. The van der Waals surface area contributed by atoms with Crippen molar-refractivity contribution in [3.8, 4) is 22.9 Å². The summed E-state index contributed by atoms with van der Waals surface area (Å²) in [5.74, 6) is 1.56. The van der Waals surface area contributed by atoms with Gasteiger partial charge in [0, 0.05) is 12.6 Å². The molecule has 0 saturated heterocycles. The Morgan fingerprint density at radius 2 is 1.88 bits per heavy atom. The fourth-order valence-corrected chi connectivity index (χ4v) is 3.60. The number of aliphatic hydroxyl groups is 1. The van der Waals surface area contributed by atoms with Crippen LogP contribution >= 0.6 is 0 Å². The Bertz CT molecular complexity index is 1370. The van der Waals surface area contributed by atoms with Gasteiger partial charge in [-0.05, 0) is 30.7 Å². The molecular weight excluding hydrogens is 412 g/mol. The third-order valence-corrected chi connectivity index (χ3v) is 5.12. The predicted molar refractivity (Wildman–Crippen MR) is 120 cm³/mol. The first-order chi connectivity index (χ1) is 15.4. The molecule has 2 aromatic carbocycles.